The van der Waals surface area contributed by atoms with Crippen molar-refractivity contribution in [2.75, 3.05) is 4.90 Å². The highest BCUT2D eigenvalue weighted by atomic mass is 16.4. The van der Waals surface area contributed by atoms with Gasteiger partial charge in [-0.15, -0.1) is 0 Å². The molecule has 240 valence electrons. The van der Waals surface area contributed by atoms with E-state index in [1.807, 2.05) is 54.6 Å². The third kappa shape index (κ3) is 4.96. The van der Waals surface area contributed by atoms with Crippen molar-refractivity contribution in [2.45, 2.75) is 0 Å². The van der Waals surface area contributed by atoms with Crippen molar-refractivity contribution in [3.63, 3.8) is 0 Å². The van der Waals surface area contributed by atoms with E-state index in [0.29, 0.717) is 5.89 Å². The summed E-state index contributed by atoms with van der Waals surface area (Å²) >= 11 is 0. The summed E-state index contributed by atoms with van der Waals surface area (Å²) in [5.41, 5.74) is 11.7. The van der Waals surface area contributed by atoms with Crippen LogP contribution in [0.25, 0.3) is 77.5 Å². The van der Waals surface area contributed by atoms with Gasteiger partial charge in [-0.1, -0.05) is 121 Å². The maximum Gasteiger partial charge on any atom is 0.227 e. The molecular formula is C47H30N2O2. The molecule has 0 bridgehead atoms. The van der Waals surface area contributed by atoms with Gasteiger partial charge in [-0.05, 0) is 82.1 Å². The second kappa shape index (κ2) is 11.9. The Bertz CT molecular complexity index is 2830. The molecule has 51 heavy (non-hydrogen) atoms. The van der Waals surface area contributed by atoms with E-state index in [2.05, 4.69) is 132 Å². The highest BCUT2D eigenvalue weighted by molar-refractivity contribution is 6.19. The molecule has 10 aromatic rings. The molecule has 0 aliphatic rings. The van der Waals surface area contributed by atoms with Gasteiger partial charge in [0.05, 0.1) is 0 Å². The Morgan fingerprint density at radius 2 is 1.04 bits per heavy atom. The topological polar surface area (TPSA) is 42.4 Å². The normalized spacial score (nSPS) is 11.5. The number of furan rings is 1. The van der Waals surface area contributed by atoms with Gasteiger partial charge in [-0.25, -0.2) is 4.98 Å². The predicted octanol–water partition coefficient (Wildman–Crippen LogP) is 13.4. The lowest BCUT2D eigenvalue weighted by Crippen LogP contribution is -2.09. The van der Waals surface area contributed by atoms with Crippen molar-refractivity contribution >= 4 is 60.9 Å². The number of fused-ring (bicyclic) bond motifs is 5. The van der Waals surface area contributed by atoms with Gasteiger partial charge in [0.1, 0.15) is 16.7 Å². The molecule has 0 radical (unpaired) electrons. The van der Waals surface area contributed by atoms with Crippen LogP contribution in [0.2, 0.25) is 0 Å². The van der Waals surface area contributed by atoms with Gasteiger partial charge in [0.2, 0.25) is 5.89 Å². The molecule has 0 aliphatic carbocycles. The summed E-state index contributed by atoms with van der Waals surface area (Å²) in [6.07, 6.45) is 0. The molecule has 0 N–H and O–H groups in total. The minimum Gasteiger partial charge on any atom is -0.456 e. The van der Waals surface area contributed by atoms with Gasteiger partial charge in [-0.2, -0.15) is 0 Å². The summed E-state index contributed by atoms with van der Waals surface area (Å²) in [4.78, 5) is 7.22. The Morgan fingerprint density at radius 1 is 0.431 bits per heavy atom. The third-order valence-corrected chi connectivity index (χ3v) is 9.70. The van der Waals surface area contributed by atoms with Crippen LogP contribution in [0.3, 0.4) is 0 Å². The van der Waals surface area contributed by atoms with Gasteiger partial charge < -0.3 is 13.7 Å². The molecule has 0 aliphatic heterocycles. The first-order valence-corrected chi connectivity index (χ1v) is 17.1. The summed E-state index contributed by atoms with van der Waals surface area (Å²) in [5, 5.41) is 4.55. The van der Waals surface area contributed by atoms with Crippen LogP contribution in [0, 0.1) is 0 Å². The Balaban J connectivity index is 1.10. The van der Waals surface area contributed by atoms with Crippen LogP contribution in [-0.4, -0.2) is 4.98 Å². The third-order valence-electron chi connectivity index (χ3n) is 9.70. The molecule has 2 aromatic heterocycles. The molecule has 8 aromatic carbocycles. The van der Waals surface area contributed by atoms with Gasteiger partial charge in [0.25, 0.3) is 0 Å². The minimum absolute atomic E-state index is 0.586. The van der Waals surface area contributed by atoms with Gasteiger partial charge in [0.15, 0.2) is 5.58 Å². The number of rotatable bonds is 6. The maximum absolute atomic E-state index is 6.59. The molecule has 0 unspecified atom stereocenters. The number of oxazole rings is 1. The van der Waals surface area contributed by atoms with Crippen molar-refractivity contribution in [3.8, 4) is 33.7 Å². The summed E-state index contributed by atoms with van der Waals surface area (Å²) < 4.78 is 13.0. The molecule has 0 spiro atoms. The van der Waals surface area contributed by atoms with Crippen LogP contribution in [0.15, 0.2) is 191 Å². The van der Waals surface area contributed by atoms with E-state index in [1.165, 1.54) is 21.9 Å². The van der Waals surface area contributed by atoms with Crippen LogP contribution < -0.4 is 4.90 Å². The highest BCUT2D eigenvalue weighted by Crippen LogP contribution is 2.44. The van der Waals surface area contributed by atoms with Crippen molar-refractivity contribution in [3.05, 3.63) is 182 Å². The molecular weight excluding hydrogens is 625 g/mol. The number of hydrogen-bond acceptors (Lipinski definition) is 4. The number of hydrogen-bond donors (Lipinski definition) is 0. The van der Waals surface area contributed by atoms with E-state index in [9.17, 15) is 0 Å². The predicted molar refractivity (Wildman–Crippen MR) is 210 cm³/mol. The molecule has 0 amide bonds. The smallest absolute Gasteiger partial charge is 0.227 e. The fraction of sp³-hybridized carbons (Fsp3) is 0. The summed E-state index contributed by atoms with van der Waals surface area (Å²) in [7, 11) is 0. The van der Waals surface area contributed by atoms with E-state index in [4.69, 9.17) is 13.8 Å². The van der Waals surface area contributed by atoms with E-state index in [0.717, 1.165) is 66.8 Å². The number of benzene rings is 8. The lowest BCUT2D eigenvalue weighted by molar-refractivity contribution is 0.621. The first kappa shape index (κ1) is 29.0. The first-order chi connectivity index (χ1) is 25.3. The molecule has 2 heterocycles. The quantitative estimate of drug-likeness (QED) is 0.179. The zero-order chi connectivity index (χ0) is 33.7. The lowest BCUT2D eigenvalue weighted by atomic mass is 9.97. The van der Waals surface area contributed by atoms with Crippen LogP contribution in [0.4, 0.5) is 17.1 Å². The molecule has 0 fully saturated rings. The maximum atomic E-state index is 6.59. The summed E-state index contributed by atoms with van der Waals surface area (Å²) in [6, 6.07) is 63.3. The summed E-state index contributed by atoms with van der Waals surface area (Å²) in [5.74, 6) is 0.586. The average Bonchev–Trinajstić information content (AvgIpc) is 3.80. The van der Waals surface area contributed by atoms with Crippen molar-refractivity contribution in [1.82, 2.24) is 4.98 Å². The number of anilines is 3. The monoisotopic (exact) mass is 654 g/mol. The Labute approximate surface area is 294 Å². The zero-order valence-corrected chi connectivity index (χ0v) is 27.5. The Kier molecular flexibility index (Phi) is 6.78. The van der Waals surface area contributed by atoms with Gasteiger partial charge >= 0.3 is 0 Å². The molecule has 4 nitrogen and oxygen atoms in total. The molecule has 10 rings (SSSR count). The molecule has 0 saturated heterocycles. The largest absolute Gasteiger partial charge is 0.456 e. The lowest BCUT2D eigenvalue weighted by Gasteiger charge is -2.26. The van der Waals surface area contributed by atoms with Crippen LogP contribution in [0.1, 0.15) is 0 Å². The minimum atomic E-state index is 0.586. The van der Waals surface area contributed by atoms with Gasteiger partial charge in [0, 0.05) is 45.0 Å². The Morgan fingerprint density at radius 3 is 1.80 bits per heavy atom. The van der Waals surface area contributed by atoms with E-state index in [-0.39, 0.29) is 0 Å². The Hall–Kier alpha value is -6.91. The van der Waals surface area contributed by atoms with Crippen molar-refractivity contribution in [2.24, 2.45) is 0 Å². The highest BCUT2D eigenvalue weighted by Gasteiger charge is 2.22. The molecule has 0 atom stereocenters. The number of para-hydroxylation sites is 2. The van der Waals surface area contributed by atoms with Gasteiger partial charge in [-0.3, -0.25) is 0 Å². The van der Waals surface area contributed by atoms with Crippen LogP contribution >= 0.6 is 0 Å². The number of nitrogens with zero attached hydrogens (tertiary/aromatic N) is 2. The average molecular weight is 655 g/mol. The summed E-state index contributed by atoms with van der Waals surface area (Å²) in [6.45, 7) is 0. The van der Waals surface area contributed by atoms with E-state index >= 15 is 0 Å². The molecule has 4 heteroatoms. The van der Waals surface area contributed by atoms with E-state index in [1.54, 1.807) is 0 Å². The second-order valence-electron chi connectivity index (χ2n) is 12.7. The van der Waals surface area contributed by atoms with Crippen LogP contribution in [0.5, 0.6) is 0 Å². The van der Waals surface area contributed by atoms with Crippen LogP contribution in [-0.2, 0) is 0 Å². The zero-order valence-electron chi connectivity index (χ0n) is 27.5. The SMILES string of the molecule is c1ccc(-c2nc3cc4oc5ccccc5c4c(-c4ccc(N(c5ccccc5)c5ccc(-c6cccc7ccccc67)cc5)cc4)c3o2)cc1. The van der Waals surface area contributed by atoms with E-state index < -0.39 is 0 Å². The first-order valence-electron chi connectivity index (χ1n) is 17.1. The van der Waals surface area contributed by atoms with Crippen molar-refractivity contribution in [1.29, 1.82) is 0 Å². The molecule has 0 saturated carbocycles. The van der Waals surface area contributed by atoms with Crippen molar-refractivity contribution < 1.29 is 8.83 Å². The fourth-order valence-corrected chi connectivity index (χ4v) is 7.32. The number of aromatic nitrogens is 1. The standard InChI is InChI=1S/C47H30N2O2/c1-3-13-34(14-4-1)47-48-41-30-43-45(40-19-9-10-21-42(40)50-43)44(46(41)51-47)33-24-28-37(29-25-33)49(35-16-5-2-6-17-35)36-26-22-32(23-27-36)39-20-11-15-31-12-7-8-18-38(31)39/h1-30H. The second-order valence-corrected chi connectivity index (χ2v) is 12.7. The fourth-order valence-electron chi connectivity index (χ4n) is 7.32.